The van der Waals surface area contributed by atoms with Gasteiger partial charge in [0.25, 0.3) is 5.91 Å². The lowest BCUT2D eigenvalue weighted by atomic mass is 9.45. The summed E-state index contributed by atoms with van der Waals surface area (Å²) in [4.78, 5) is 16.8. The van der Waals surface area contributed by atoms with Gasteiger partial charge in [-0.1, -0.05) is 32.8 Å². The molecular weight excluding hydrogens is 368 g/mol. The van der Waals surface area contributed by atoms with Crippen LogP contribution in [-0.4, -0.2) is 17.4 Å². The number of aromatic nitrogens is 1. The molecule has 5 rings (SSSR count). The summed E-state index contributed by atoms with van der Waals surface area (Å²) in [6.07, 6.45) is 16.0. The molecule has 0 aliphatic heterocycles. The predicted molar refractivity (Wildman–Crippen MR) is 121 cm³/mol. The molecule has 0 saturated heterocycles. The van der Waals surface area contributed by atoms with E-state index in [0.717, 1.165) is 42.1 Å². The van der Waals surface area contributed by atoms with Crippen LogP contribution >= 0.6 is 0 Å². The Bertz CT molecular complexity index is 748. The fourth-order valence-corrected chi connectivity index (χ4v) is 8.54. The Morgan fingerprint density at radius 1 is 1.07 bits per heavy atom. The summed E-state index contributed by atoms with van der Waals surface area (Å²) in [5.41, 5.74) is 0.953. The largest absolute Gasteiger partial charge is 0.350 e. The number of nitrogens with zero attached hydrogens (tertiary/aromatic N) is 1. The van der Waals surface area contributed by atoms with Crippen molar-refractivity contribution in [3.63, 3.8) is 0 Å². The van der Waals surface area contributed by atoms with E-state index in [1.54, 1.807) is 6.20 Å². The van der Waals surface area contributed by atoms with Crippen molar-refractivity contribution < 1.29 is 4.79 Å². The van der Waals surface area contributed by atoms with Gasteiger partial charge in [0.15, 0.2) is 0 Å². The van der Waals surface area contributed by atoms with Crippen molar-refractivity contribution >= 4 is 5.91 Å². The highest BCUT2D eigenvalue weighted by Gasteiger charge is 2.55. The maximum atomic E-state index is 12.6. The van der Waals surface area contributed by atoms with Gasteiger partial charge in [-0.15, -0.1) is 0 Å². The molecule has 3 heteroatoms. The number of nitrogens with one attached hydrogen (secondary N) is 1. The Morgan fingerprint density at radius 3 is 2.77 bits per heavy atom. The Hall–Kier alpha value is -1.38. The third-order valence-corrected chi connectivity index (χ3v) is 10.1. The first-order valence-corrected chi connectivity index (χ1v) is 12.8. The Labute approximate surface area is 182 Å². The zero-order chi connectivity index (χ0) is 20.7. The van der Waals surface area contributed by atoms with Crippen LogP contribution in [0, 0.1) is 46.8 Å². The van der Waals surface area contributed by atoms with E-state index in [4.69, 9.17) is 0 Å². The topological polar surface area (TPSA) is 42.0 Å². The van der Waals surface area contributed by atoms with E-state index in [9.17, 15) is 4.79 Å². The van der Waals surface area contributed by atoms with Gasteiger partial charge in [0.1, 0.15) is 5.69 Å². The lowest BCUT2D eigenvalue weighted by Gasteiger charge is -2.60. The number of fused-ring (bicyclic) bond motifs is 5. The van der Waals surface area contributed by atoms with Gasteiger partial charge in [0, 0.05) is 12.7 Å². The number of hydrogen-bond acceptors (Lipinski definition) is 2. The first kappa shape index (κ1) is 20.5. The van der Waals surface area contributed by atoms with Crippen LogP contribution in [0.3, 0.4) is 0 Å². The molecule has 1 amide bonds. The van der Waals surface area contributed by atoms with Crippen LogP contribution in [0.1, 0.15) is 88.5 Å². The summed E-state index contributed by atoms with van der Waals surface area (Å²) in [7, 11) is 0. The van der Waals surface area contributed by atoms with Crippen LogP contribution in [0.5, 0.6) is 0 Å². The molecule has 4 fully saturated rings. The van der Waals surface area contributed by atoms with Crippen LogP contribution in [0.2, 0.25) is 0 Å². The fraction of sp³-hybridized carbons (Fsp3) is 0.778. The molecule has 0 aromatic carbocycles. The highest BCUT2D eigenvalue weighted by atomic mass is 16.1. The molecule has 8 atom stereocenters. The highest BCUT2D eigenvalue weighted by Crippen LogP contribution is 2.62. The number of carbonyl (C=O) groups excluding carboxylic acids is 1. The lowest BCUT2D eigenvalue weighted by molar-refractivity contribution is -0.108. The molecule has 0 spiro atoms. The number of amides is 1. The monoisotopic (exact) mass is 408 g/mol. The van der Waals surface area contributed by atoms with E-state index in [0.29, 0.717) is 17.0 Å². The average Bonchev–Trinajstić information content (AvgIpc) is 2.77. The van der Waals surface area contributed by atoms with E-state index in [2.05, 4.69) is 24.1 Å². The molecule has 1 aromatic rings. The summed E-state index contributed by atoms with van der Waals surface area (Å²) < 4.78 is 0. The van der Waals surface area contributed by atoms with Crippen LogP contribution in [0.4, 0.5) is 0 Å². The zero-order valence-electron chi connectivity index (χ0n) is 19.0. The van der Waals surface area contributed by atoms with Gasteiger partial charge in [-0.2, -0.15) is 0 Å². The predicted octanol–water partition coefficient (Wildman–Crippen LogP) is 6.11. The molecule has 1 N–H and O–H groups in total. The van der Waals surface area contributed by atoms with Crippen molar-refractivity contribution in [3.8, 4) is 0 Å². The van der Waals surface area contributed by atoms with Crippen LogP contribution in [0.25, 0.3) is 0 Å². The first-order valence-electron chi connectivity index (χ1n) is 12.8. The molecule has 0 radical (unpaired) electrons. The normalized spacial score (nSPS) is 43.1. The van der Waals surface area contributed by atoms with Crippen molar-refractivity contribution in [1.82, 2.24) is 10.3 Å². The second kappa shape index (κ2) is 8.28. The molecule has 4 aliphatic carbocycles. The van der Waals surface area contributed by atoms with Gasteiger partial charge in [0.05, 0.1) is 0 Å². The van der Waals surface area contributed by atoms with Crippen LogP contribution < -0.4 is 5.32 Å². The van der Waals surface area contributed by atoms with E-state index >= 15 is 0 Å². The third-order valence-electron chi connectivity index (χ3n) is 10.1. The summed E-state index contributed by atoms with van der Waals surface area (Å²) in [5, 5.41) is 3.25. The van der Waals surface area contributed by atoms with Gasteiger partial charge in [0.2, 0.25) is 0 Å². The van der Waals surface area contributed by atoms with E-state index < -0.39 is 0 Å². The molecule has 3 nitrogen and oxygen atoms in total. The van der Waals surface area contributed by atoms with Gasteiger partial charge in [-0.3, -0.25) is 9.78 Å². The maximum absolute atomic E-state index is 12.6. The molecule has 30 heavy (non-hydrogen) atoms. The SMILES string of the molecule is CC1CCC2C(CCC3C2CCC2(C)C(CNC(=O)c4ccccn4)CCCC32)C1. The van der Waals surface area contributed by atoms with Crippen molar-refractivity contribution in [2.75, 3.05) is 6.54 Å². The molecular formula is C27H40N2O. The Morgan fingerprint density at radius 2 is 1.93 bits per heavy atom. The number of carbonyl (C=O) groups is 1. The molecule has 1 heterocycles. The zero-order valence-corrected chi connectivity index (χ0v) is 19.0. The first-order chi connectivity index (χ1) is 14.6. The molecule has 8 unspecified atom stereocenters. The number of pyridine rings is 1. The van der Waals surface area contributed by atoms with Crippen molar-refractivity contribution in [2.45, 2.75) is 78.1 Å². The van der Waals surface area contributed by atoms with Gasteiger partial charge >= 0.3 is 0 Å². The number of rotatable bonds is 3. The third kappa shape index (κ3) is 3.60. The van der Waals surface area contributed by atoms with Crippen LogP contribution in [-0.2, 0) is 0 Å². The summed E-state index contributed by atoms with van der Waals surface area (Å²) in [6, 6.07) is 5.57. The second-order valence-corrected chi connectivity index (χ2v) is 11.5. The van der Waals surface area contributed by atoms with E-state index in [1.807, 2.05) is 18.2 Å². The van der Waals surface area contributed by atoms with Crippen molar-refractivity contribution in [2.24, 2.45) is 46.8 Å². The minimum absolute atomic E-state index is 0.00755. The highest BCUT2D eigenvalue weighted by molar-refractivity contribution is 5.92. The summed E-state index contributed by atoms with van der Waals surface area (Å²) >= 11 is 0. The second-order valence-electron chi connectivity index (χ2n) is 11.5. The summed E-state index contributed by atoms with van der Waals surface area (Å²) in [5.74, 6) is 6.44. The quantitative estimate of drug-likeness (QED) is 0.656. The van der Waals surface area contributed by atoms with Crippen molar-refractivity contribution in [1.29, 1.82) is 0 Å². The van der Waals surface area contributed by atoms with Gasteiger partial charge < -0.3 is 5.32 Å². The van der Waals surface area contributed by atoms with Gasteiger partial charge in [-0.05, 0) is 110 Å². The standard InChI is InChI=1S/C27H40N2O/c1-18-9-11-21-19(16-18)10-12-23-22(21)13-14-27(2)20(6-5-7-24(23)27)17-29-26(30)25-8-3-4-15-28-25/h3-4,8,15,18-24H,5-7,9-14,16-17H2,1-2H3,(H,29,30). The van der Waals surface area contributed by atoms with Crippen LogP contribution in [0.15, 0.2) is 24.4 Å². The lowest BCUT2D eigenvalue weighted by Crippen LogP contribution is -2.54. The minimum Gasteiger partial charge on any atom is -0.350 e. The number of hydrogen-bond donors (Lipinski definition) is 1. The van der Waals surface area contributed by atoms with Crippen molar-refractivity contribution in [3.05, 3.63) is 30.1 Å². The molecule has 0 bridgehead atoms. The average molecular weight is 409 g/mol. The maximum Gasteiger partial charge on any atom is 0.269 e. The molecule has 164 valence electrons. The molecule has 1 aromatic heterocycles. The van der Waals surface area contributed by atoms with Gasteiger partial charge in [-0.25, -0.2) is 0 Å². The molecule has 4 saturated carbocycles. The fourth-order valence-electron chi connectivity index (χ4n) is 8.54. The Balaban J connectivity index is 1.27. The Kier molecular flexibility index (Phi) is 5.66. The van der Waals surface area contributed by atoms with E-state index in [1.165, 1.54) is 64.2 Å². The molecule has 4 aliphatic rings. The van der Waals surface area contributed by atoms with E-state index in [-0.39, 0.29) is 5.91 Å². The minimum atomic E-state index is -0.00755. The smallest absolute Gasteiger partial charge is 0.269 e. The summed E-state index contributed by atoms with van der Waals surface area (Å²) in [6.45, 7) is 5.88.